The summed E-state index contributed by atoms with van der Waals surface area (Å²) in [6.45, 7) is 5.56. The molecule has 3 rings (SSSR count). The lowest BCUT2D eigenvalue weighted by molar-refractivity contribution is -0.663. The first-order valence-corrected chi connectivity index (χ1v) is 9.98. The van der Waals surface area contributed by atoms with Crippen molar-refractivity contribution < 1.29 is 14.5 Å². The predicted octanol–water partition coefficient (Wildman–Crippen LogP) is 2.89. The molecule has 5 nitrogen and oxygen atoms in total. The fourth-order valence-electron chi connectivity index (χ4n) is 3.60. The molecule has 0 aliphatic carbocycles. The van der Waals surface area contributed by atoms with Crippen molar-refractivity contribution in [2.75, 3.05) is 6.61 Å². The van der Waals surface area contributed by atoms with Gasteiger partial charge in [0.05, 0.1) is 25.6 Å². The lowest BCUT2D eigenvalue weighted by Crippen LogP contribution is -2.38. The molecule has 0 spiro atoms. The second kappa shape index (κ2) is 9.51. The highest BCUT2D eigenvalue weighted by atomic mass is 16.3. The van der Waals surface area contributed by atoms with Crippen LogP contribution in [0.3, 0.4) is 0 Å². The Balaban J connectivity index is 1.70. The summed E-state index contributed by atoms with van der Waals surface area (Å²) in [6.07, 6.45) is 3.26. The lowest BCUT2D eigenvalue weighted by Gasteiger charge is -2.17. The summed E-state index contributed by atoms with van der Waals surface area (Å²) in [5, 5.41) is 12.4. The van der Waals surface area contributed by atoms with E-state index >= 15 is 0 Å². The molecule has 3 aromatic rings. The number of benzene rings is 2. The number of rotatable bonds is 9. The molecule has 0 unspecified atom stereocenters. The van der Waals surface area contributed by atoms with Gasteiger partial charge >= 0.3 is 0 Å². The normalized spacial score (nSPS) is 12.4. The van der Waals surface area contributed by atoms with Crippen LogP contribution in [0.1, 0.15) is 32.3 Å². The van der Waals surface area contributed by atoms with Crippen LogP contribution in [0.5, 0.6) is 0 Å². The quantitative estimate of drug-likeness (QED) is 0.561. The molecule has 0 radical (unpaired) electrons. The standard InChI is InChI=1S/C23H29N3O2/c1-18(2)14-20(16-27)24-23(28)12-13-25-17-26(15-19-8-4-3-5-9-19)22-11-7-6-10-21(22)25/h3-11,17-18,20,27H,12-16H2,1-2H3/p+1/t20-/m0/s1. The number of hydrogen-bond donors (Lipinski definition) is 2. The minimum absolute atomic E-state index is 0.0204. The summed E-state index contributed by atoms with van der Waals surface area (Å²) in [7, 11) is 0. The Morgan fingerprint density at radius 2 is 1.82 bits per heavy atom. The summed E-state index contributed by atoms with van der Waals surface area (Å²) >= 11 is 0. The van der Waals surface area contributed by atoms with Gasteiger partial charge < -0.3 is 10.4 Å². The van der Waals surface area contributed by atoms with Gasteiger partial charge in [-0.3, -0.25) is 4.79 Å². The van der Waals surface area contributed by atoms with Crippen molar-refractivity contribution >= 4 is 16.9 Å². The van der Waals surface area contributed by atoms with Crippen LogP contribution in [0.2, 0.25) is 0 Å². The maximum atomic E-state index is 12.4. The summed E-state index contributed by atoms with van der Waals surface area (Å²) in [4.78, 5) is 12.4. The van der Waals surface area contributed by atoms with Gasteiger partial charge in [0, 0.05) is 0 Å². The van der Waals surface area contributed by atoms with Crippen LogP contribution in [-0.2, 0) is 17.9 Å². The number of fused-ring (bicyclic) bond motifs is 1. The zero-order valence-corrected chi connectivity index (χ0v) is 16.7. The highest BCUT2D eigenvalue weighted by Gasteiger charge is 2.18. The van der Waals surface area contributed by atoms with E-state index in [0.717, 1.165) is 24.0 Å². The van der Waals surface area contributed by atoms with Gasteiger partial charge in [-0.15, -0.1) is 0 Å². The largest absolute Gasteiger partial charge is 0.394 e. The number of nitrogens with zero attached hydrogens (tertiary/aromatic N) is 2. The first-order valence-electron chi connectivity index (χ1n) is 9.98. The van der Waals surface area contributed by atoms with E-state index in [4.69, 9.17) is 0 Å². The molecule has 0 saturated carbocycles. The second-order valence-electron chi connectivity index (χ2n) is 7.74. The summed E-state index contributed by atoms with van der Waals surface area (Å²) in [5.41, 5.74) is 3.51. The van der Waals surface area contributed by atoms with Crippen LogP contribution in [0.15, 0.2) is 60.9 Å². The van der Waals surface area contributed by atoms with Gasteiger partial charge in [-0.05, 0) is 30.0 Å². The Bertz CT molecular complexity index is 903. The Morgan fingerprint density at radius 1 is 1.11 bits per heavy atom. The van der Waals surface area contributed by atoms with Gasteiger partial charge in [0.25, 0.3) is 0 Å². The fraction of sp³-hybridized carbons (Fsp3) is 0.391. The Hall–Kier alpha value is -2.66. The van der Waals surface area contributed by atoms with Crippen LogP contribution < -0.4 is 9.88 Å². The number of imidazole rings is 1. The lowest BCUT2D eigenvalue weighted by atomic mass is 10.0. The SMILES string of the molecule is CC(C)C[C@@H](CO)NC(=O)CCn1c[n+](Cc2ccccc2)c2ccccc21. The van der Waals surface area contributed by atoms with Crippen molar-refractivity contribution in [2.24, 2.45) is 5.92 Å². The van der Waals surface area contributed by atoms with E-state index in [1.807, 2.05) is 30.3 Å². The number of carbonyl (C=O) groups excluding carboxylic acids is 1. The molecule has 1 atom stereocenters. The topological polar surface area (TPSA) is 58.1 Å². The van der Waals surface area contributed by atoms with Crippen LogP contribution in [0.25, 0.3) is 11.0 Å². The molecule has 1 amide bonds. The van der Waals surface area contributed by atoms with E-state index in [2.05, 4.69) is 58.9 Å². The number of para-hydroxylation sites is 2. The number of aliphatic hydroxyl groups is 1. The van der Waals surface area contributed by atoms with Crippen LogP contribution in [0, 0.1) is 5.92 Å². The highest BCUT2D eigenvalue weighted by molar-refractivity contribution is 5.77. The smallest absolute Gasteiger partial charge is 0.245 e. The fourth-order valence-corrected chi connectivity index (χ4v) is 3.60. The van der Waals surface area contributed by atoms with Crippen molar-refractivity contribution in [3.8, 4) is 0 Å². The number of nitrogens with one attached hydrogen (secondary N) is 1. The molecular formula is C23H30N3O2+. The number of aryl methyl sites for hydroxylation is 1. The molecule has 5 heteroatoms. The maximum absolute atomic E-state index is 12.4. The summed E-state index contributed by atoms with van der Waals surface area (Å²) in [5.74, 6) is 0.412. The van der Waals surface area contributed by atoms with Gasteiger partial charge in [0.1, 0.15) is 6.54 Å². The average molecular weight is 381 g/mol. The second-order valence-corrected chi connectivity index (χ2v) is 7.74. The van der Waals surface area contributed by atoms with E-state index in [1.54, 1.807) is 0 Å². The first kappa shape index (κ1) is 20.1. The van der Waals surface area contributed by atoms with E-state index in [-0.39, 0.29) is 18.6 Å². The monoisotopic (exact) mass is 380 g/mol. The minimum atomic E-state index is -0.170. The predicted molar refractivity (Wildman–Crippen MR) is 111 cm³/mol. The van der Waals surface area contributed by atoms with Crippen LogP contribution in [-0.4, -0.2) is 28.2 Å². The molecule has 1 heterocycles. The zero-order valence-electron chi connectivity index (χ0n) is 16.7. The van der Waals surface area contributed by atoms with Crippen LogP contribution in [0.4, 0.5) is 0 Å². The minimum Gasteiger partial charge on any atom is -0.394 e. The van der Waals surface area contributed by atoms with Crippen LogP contribution >= 0.6 is 0 Å². The Labute approximate surface area is 166 Å². The van der Waals surface area contributed by atoms with Gasteiger partial charge in [-0.2, -0.15) is 0 Å². The van der Waals surface area contributed by atoms with Gasteiger partial charge in [-0.1, -0.05) is 56.3 Å². The van der Waals surface area contributed by atoms with E-state index < -0.39 is 0 Å². The van der Waals surface area contributed by atoms with Gasteiger partial charge in [0.2, 0.25) is 12.2 Å². The summed E-state index contributed by atoms with van der Waals surface area (Å²) in [6, 6.07) is 18.5. The Morgan fingerprint density at radius 3 is 2.54 bits per heavy atom. The molecule has 148 valence electrons. The van der Waals surface area contributed by atoms with Crippen molar-refractivity contribution in [3.63, 3.8) is 0 Å². The van der Waals surface area contributed by atoms with Crippen molar-refractivity contribution in [1.82, 2.24) is 9.88 Å². The number of aromatic nitrogens is 2. The molecule has 0 saturated heterocycles. The zero-order chi connectivity index (χ0) is 19.9. The molecule has 0 aliphatic heterocycles. The third-order valence-electron chi connectivity index (χ3n) is 4.90. The highest BCUT2D eigenvalue weighted by Crippen LogP contribution is 2.13. The molecule has 0 fully saturated rings. The average Bonchev–Trinajstić information content (AvgIpc) is 3.04. The molecule has 2 N–H and O–H groups in total. The third-order valence-corrected chi connectivity index (χ3v) is 4.90. The van der Waals surface area contributed by atoms with Gasteiger partial charge in [0.15, 0.2) is 11.0 Å². The molecular weight excluding hydrogens is 350 g/mol. The molecule has 28 heavy (non-hydrogen) atoms. The van der Waals surface area contributed by atoms with Crippen molar-refractivity contribution in [3.05, 3.63) is 66.5 Å². The number of carbonyl (C=O) groups is 1. The first-order chi connectivity index (χ1) is 13.6. The number of amides is 1. The van der Waals surface area contributed by atoms with E-state index in [1.165, 1.54) is 5.56 Å². The van der Waals surface area contributed by atoms with Crippen molar-refractivity contribution in [1.29, 1.82) is 0 Å². The molecule has 0 aliphatic rings. The van der Waals surface area contributed by atoms with E-state index in [0.29, 0.717) is 18.9 Å². The maximum Gasteiger partial charge on any atom is 0.245 e. The van der Waals surface area contributed by atoms with Gasteiger partial charge in [-0.25, -0.2) is 9.13 Å². The molecule has 1 aromatic heterocycles. The van der Waals surface area contributed by atoms with E-state index in [9.17, 15) is 9.90 Å². The third kappa shape index (κ3) is 5.20. The number of aliphatic hydroxyl groups excluding tert-OH is 1. The molecule has 2 aromatic carbocycles. The number of hydrogen-bond acceptors (Lipinski definition) is 2. The summed E-state index contributed by atoms with van der Waals surface area (Å²) < 4.78 is 4.35. The molecule has 0 bridgehead atoms. The van der Waals surface area contributed by atoms with Crippen molar-refractivity contribution in [2.45, 2.75) is 45.8 Å². The Kier molecular flexibility index (Phi) is 6.82.